The number of hydrogen-bond acceptors (Lipinski definition) is 2. The van der Waals surface area contributed by atoms with E-state index in [9.17, 15) is 0 Å². The second-order valence-electron chi connectivity index (χ2n) is 8.72. The van der Waals surface area contributed by atoms with Crippen LogP contribution in [0.1, 0.15) is 16.7 Å². The first kappa shape index (κ1) is 23.6. The monoisotopic (exact) mass is 567 g/mol. The summed E-state index contributed by atoms with van der Waals surface area (Å²) in [5.74, 6) is -0.365. The minimum absolute atomic E-state index is 0.363. The van der Waals surface area contributed by atoms with Crippen molar-refractivity contribution in [3.05, 3.63) is 154 Å². The number of nitrogens with zero attached hydrogens (tertiary/aromatic N) is 3. The Labute approximate surface area is 227 Å². The first-order chi connectivity index (χ1) is 18.1. The van der Waals surface area contributed by atoms with Crippen molar-refractivity contribution >= 4 is 38.4 Å². The third kappa shape index (κ3) is 3.95. The maximum Gasteiger partial charge on any atom is 0.139 e. The van der Waals surface area contributed by atoms with E-state index in [1.807, 2.05) is 65.3 Å². The van der Waals surface area contributed by atoms with Gasteiger partial charge in [0.25, 0.3) is 0 Å². The Hall–Kier alpha value is -3.80. The van der Waals surface area contributed by atoms with E-state index < -0.39 is 5.54 Å². The van der Waals surface area contributed by atoms with Crippen LogP contribution < -0.4 is 0 Å². The second kappa shape index (κ2) is 9.58. The minimum Gasteiger partial charge on any atom is -0.245 e. The molecule has 0 radical (unpaired) electrons. The van der Waals surface area contributed by atoms with E-state index in [1.165, 1.54) is 0 Å². The number of benzene rings is 4. The molecule has 0 unspecified atom stereocenters. The summed E-state index contributed by atoms with van der Waals surface area (Å²) in [5, 5.41) is 6.38. The van der Waals surface area contributed by atoms with Gasteiger partial charge in [-0.1, -0.05) is 103 Å². The molecule has 6 heteroatoms. The van der Waals surface area contributed by atoms with E-state index in [1.54, 1.807) is 24.4 Å². The largest absolute Gasteiger partial charge is 0.245 e. The summed E-state index contributed by atoms with van der Waals surface area (Å²) >= 11 is 9.65. The Morgan fingerprint density at radius 2 is 1.27 bits per heavy atom. The molecule has 0 amide bonds. The normalized spacial score (nSPS) is 11.6. The molecule has 0 saturated heterocycles. The number of hydrogen-bond donors (Lipinski definition) is 0. The van der Waals surface area contributed by atoms with Crippen LogP contribution in [-0.4, -0.2) is 14.8 Å². The molecule has 0 aliphatic carbocycles. The van der Waals surface area contributed by atoms with Gasteiger partial charge in [0.05, 0.1) is 9.99 Å². The van der Waals surface area contributed by atoms with Crippen LogP contribution >= 0.6 is 27.5 Å². The van der Waals surface area contributed by atoms with E-state index in [4.69, 9.17) is 16.7 Å². The Balaban J connectivity index is 1.82. The number of halogens is 3. The summed E-state index contributed by atoms with van der Waals surface area (Å²) in [6, 6.07) is 37.6. The van der Waals surface area contributed by atoms with Gasteiger partial charge >= 0.3 is 0 Å². The zero-order valence-electron chi connectivity index (χ0n) is 19.5. The average Bonchev–Trinajstić information content (AvgIpc) is 3.29. The van der Waals surface area contributed by atoms with Crippen molar-refractivity contribution in [2.24, 2.45) is 0 Å². The average molecular weight is 569 g/mol. The highest BCUT2D eigenvalue weighted by atomic mass is 79.9. The summed E-state index contributed by atoms with van der Waals surface area (Å²) in [7, 11) is 0. The molecule has 0 spiro atoms. The number of fused-ring (bicyclic) bond motifs is 1. The van der Waals surface area contributed by atoms with Gasteiger partial charge in [0.2, 0.25) is 0 Å². The predicted molar refractivity (Wildman–Crippen MR) is 150 cm³/mol. The molecule has 0 N–H and O–H groups in total. The Bertz CT molecular complexity index is 1610. The van der Waals surface area contributed by atoms with Crippen molar-refractivity contribution in [3.63, 3.8) is 0 Å². The number of aromatic nitrogens is 3. The van der Waals surface area contributed by atoms with E-state index in [-0.39, 0.29) is 5.82 Å². The molecular formula is C31H20BrClFN3. The van der Waals surface area contributed by atoms with E-state index in [2.05, 4.69) is 57.3 Å². The summed E-state index contributed by atoms with van der Waals surface area (Å²) < 4.78 is 17.5. The SMILES string of the molecule is Fc1cc2c(cc1Br)c(-c1ccnc(Cl)c1)nn2C(c1ccccc1)(c1ccccc1)c1ccccc1. The quantitative estimate of drug-likeness (QED) is 0.154. The lowest BCUT2D eigenvalue weighted by molar-refractivity contribution is 0.476. The Kier molecular flexibility index (Phi) is 6.11. The first-order valence-electron chi connectivity index (χ1n) is 11.8. The summed E-state index contributed by atoms with van der Waals surface area (Å²) in [4.78, 5) is 4.14. The number of pyridine rings is 1. The van der Waals surface area contributed by atoms with Crippen molar-refractivity contribution in [2.75, 3.05) is 0 Å². The highest BCUT2D eigenvalue weighted by Gasteiger charge is 2.41. The first-order valence-corrected chi connectivity index (χ1v) is 12.9. The molecule has 37 heavy (non-hydrogen) atoms. The van der Waals surface area contributed by atoms with E-state index >= 15 is 4.39 Å². The lowest BCUT2D eigenvalue weighted by atomic mass is 9.77. The van der Waals surface area contributed by atoms with Crippen molar-refractivity contribution in [3.8, 4) is 11.3 Å². The van der Waals surface area contributed by atoms with Crippen LogP contribution in [0.5, 0.6) is 0 Å². The van der Waals surface area contributed by atoms with Gasteiger partial charge in [0.1, 0.15) is 22.2 Å². The molecule has 180 valence electrons. The lowest BCUT2D eigenvalue weighted by Gasteiger charge is -2.37. The van der Waals surface area contributed by atoms with Crippen LogP contribution in [-0.2, 0) is 5.54 Å². The highest BCUT2D eigenvalue weighted by Crippen LogP contribution is 2.44. The van der Waals surface area contributed by atoms with Gasteiger partial charge < -0.3 is 0 Å². The van der Waals surface area contributed by atoms with Crippen molar-refractivity contribution in [1.29, 1.82) is 0 Å². The Morgan fingerprint density at radius 3 is 1.78 bits per heavy atom. The van der Waals surface area contributed by atoms with Crippen molar-refractivity contribution in [1.82, 2.24) is 14.8 Å². The third-order valence-corrected chi connectivity index (χ3v) is 7.43. The van der Waals surface area contributed by atoms with Gasteiger partial charge in [-0.15, -0.1) is 0 Å². The number of rotatable bonds is 5. The zero-order valence-corrected chi connectivity index (χ0v) is 21.9. The van der Waals surface area contributed by atoms with Crippen molar-refractivity contribution in [2.45, 2.75) is 5.54 Å². The van der Waals surface area contributed by atoms with Crippen LogP contribution in [0.3, 0.4) is 0 Å². The molecule has 0 atom stereocenters. The standard InChI is InChI=1S/C31H20BrClFN3/c32-26-19-25-28(20-27(26)34)37(36-30(25)21-16-17-35-29(33)18-21)31(22-10-4-1-5-11-22,23-12-6-2-7-13-23)24-14-8-3-9-15-24/h1-20H. The maximum absolute atomic E-state index is 15.2. The van der Waals surface area contributed by atoms with E-state index in [0.29, 0.717) is 20.8 Å². The lowest BCUT2D eigenvalue weighted by Crippen LogP contribution is -2.38. The minimum atomic E-state index is -0.891. The molecule has 2 aromatic heterocycles. The van der Waals surface area contributed by atoms with Gasteiger partial charge in [0.15, 0.2) is 0 Å². The highest BCUT2D eigenvalue weighted by molar-refractivity contribution is 9.10. The Morgan fingerprint density at radius 1 is 0.730 bits per heavy atom. The second-order valence-corrected chi connectivity index (χ2v) is 9.96. The molecule has 0 aliphatic heterocycles. The third-order valence-electron chi connectivity index (χ3n) is 6.61. The van der Waals surface area contributed by atoms with Crippen LogP contribution in [0.4, 0.5) is 4.39 Å². The predicted octanol–water partition coefficient (Wildman–Crippen LogP) is 8.49. The van der Waals surface area contributed by atoms with Gasteiger partial charge in [0, 0.05) is 23.2 Å². The fourth-order valence-corrected chi connectivity index (χ4v) is 5.55. The van der Waals surface area contributed by atoms with Crippen LogP contribution in [0, 0.1) is 5.82 Å². The molecule has 6 aromatic rings. The molecule has 6 rings (SSSR count). The fraction of sp³-hybridized carbons (Fsp3) is 0.0323. The molecule has 0 aliphatic rings. The molecule has 0 bridgehead atoms. The zero-order chi connectivity index (χ0) is 25.4. The molecule has 2 heterocycles. The van der Waals surface area contributed by atoms with E-state index in [0.717, 1.165) is 27.6 Å². The maximum atomic E-state index is 15.2. The molecular weight excluding hydrogens is 549 g/mol. The molecule has 0 fully saturated rings. The fourth-order valence-electron chi connectivity index (χ4n) is 5.03. The summed E-state index contributed by atoms with van der Waals surface area (Å²) in [6.45, 7) is 0. The van der Waals surface area contributed by atoms with Crippen LogP contribution in [0.15, 0.2) is 126 Å². The van der Waals surface area contributed by atoms with Crippen molar-refractivity contribution < 1.29 is 4.39 Å². The molecule has 3 nitrogen and oxygen atoms in total. The summed E-state index contributed by atoms with van der Waals surface area (Å²) in [5.41, 5.74) is 4.24. The van der Waals surface area contributed by atoms with Gasteiger partial charge in [-0.05, 0) is 50.8 Å². The van der Waals surface area contributed by atoms with Crippen LogP contribution in [0.25, 0.3) is 22.2 Å². The van der Waals surface area contributed by atoms with Gasteiger partial charge in [-0.25, -0.2) is 14.1 Å². The molecule has 0 saturated carbocycles. The topological polar surface area (TPSA) is 30.7 Å². The summed E-state index contributed by atoms with van der Waals surface area (Å²) in [6.07, 6.45) is 1.65. The van der Waals surface area contributed by atoms with Gasteiger partial charge in [-0.2, -0.15) is 5.10 Å². The van der Waals surface area contributed by atoms with Gasteiger partial charge in [-0.3, -0.25) is 0 Å². The smallest absolute Gasteiger partial charge is 0.139 e. The molecule has 4 aromatic carbocycles. The van der Waals surface area contributed by atoms with Crippen LogP contribution in [0.2, 0.25) is 5.15 Å².